The highest BCUT2D eigenvalue weighted by Gasteiger charge is 2.22. The highest BCUT2D eigenvalue weighted by Crippen LogP contribution is 1.98. The lowest BCUT2D eigenvalue weighted by atomic mass is 10.1. The molecule has 0 unspecified atom stereocenters. The maximum absolute atomic E-state index is 11.6. The van der Waals surface area contributed by atoms with Crippen molar-refractivity contribution in [1.82, 2.24) is 10.6 Å². The highest BCUT2D eigenvalue weighted by molar-refractivity contribution is 5.76. The second-order valence-electron chi connectivity index (χ2n) is 8.60. The maximum Gasteiger partial charge on any atom is 0.220 e. The Labute approximate surface area is 160 Å². The van der Waals surface area contributed by atoms with E-state index >= 15 is 0 Å². The molecule has 1 fully saturated rings. The van der Waals surface area contributed by atoms with Crippen LogP contribution in [-0.4, -0.2) is 64.2 Å². The molecule has 1 rings (SSSR count). The summed E-state index contributed by atoms with van der Waals surface area (Å²) in [6, 6.07) is 0. The molecule has 6 heteroatoms. The van der Waals surface area contributed by atoms with Gasteiger partial charge in [0, 0.05) is 38.8 Å². The predicted octanol–water partition coefficient (Wildman–Crippen LogP) is -1.13. The van der Waals surface area contributed by atoms with Crippen LogP contribution in [0.15, 0.2) is 0 Å². The van der Waals surface area contributed by atoms with E-state index in [2.05, 4.69) is 38.3 Å². The van der Waals surface area contributed by atoms with Gasteiger partial charge >= 0.3 is 0 Å². The van der Waals surface area contributed by atoms with Crippen molar-refractivity contribution in [3.05, 3.63) is 0 Å². The summed E-state index contributed by atoms with van der Waals surface area (Å²) in [5.41, 5.74) is 0. The molecule has 26 heavy (non-hydrogen) atoms. The van der Waals surface area contributed by atoms with Crippen LogP contribution in [0.25, 0.3) is 0 Å². The summed E-state index contributed by atoms with van der Waals surface area (Å²) in [4.78, 5) is 26.6. The molecule has 2 amide bonds. The number of hydrogen-bond acceptors (Lipinski definition) is 2. The van der Waals surface area contributed by atoms with Crippen molar-refractivity contribution in [2.24, 2.45) is 11.8 Å². The Bertz CT molecular complexity index is 367. The Hall–Kier alpha value is -1.14. The third-order valence-electron chi connectivity index (χ3n) is 4.91. The zero-order valence-corrected chi connectivity index (χ0v) is 17.5. The van der Waals surface area contributed by atoms with E-state index in [-0.39, 0.29) is 11.8 Å². The number of carbonyl (C=O) groups excluding carboxylic acids is 2. The third kappa shape index (κ3) is 11.5. The highest BCUT2D eigenvalue weighted by atomic mass is 16.2. The molecule has 0 bridgehead atoms. The van der Waals surface area contributed by atoms with Gasteiger partial charge in [0.2, 0.25) is 11.8 Å². The summed E-state index contributed by atoms with van der Waals surface area (Å²) < 4.78 is 0. The summed E-state index contributed by atoms with van der Waals surface area (Å²) in [5, 5.41) is 6.05. The summed E-state index contributed by atoms with van der Waals surface area (Å²) in [6.07, 6.45) is 3.40. The first kappa shape index (κ1) is 22.9. The van der Waals surface area contributed by atoms with E-state index in [1.54, 1.807) is 9.80 Å². The van der Waals surface area contributed by atoms with Crippen molar-refractivity contribution in [1.29, 1.82) is 0 Å². The number of carbonyl (C=O) groups is 2. The second kappa shape index (κ2) is 13.1. The summed E-state index contributed by atoms with van der Waals surface area (Å²) in [6.45, 7) is 17.1. The molecule has 6 nitrogen and oxygen atoms in total. The molecule has 152 valence electrons. The third-order valence-corrected chi connectivity index (χ3v) is 4.91. The predicted molar refractivity (Wildman–Crippen MR) is 105 cm³/mol. The van der Waals surface area contributed by atoms with E-state index in [4.69, 9.17) is 0 Å². The van der Waals surface area contributed by atoms with E-state index < -0.39 is 0 Å². The van der Waals surface area contributed by atoms with Crippen LogP contribution in [0.1, 0.15) is 53.4 Å². The molecular formula is C20H42N4O2+2. The zero-order chi connectivity index (χ0) is 19.4. The first-order chi connectivity index (χ1) is 12.4. The minimum Gasteiger partial charge on any atom is -0.356 e. The fraction of sp³-hybridized carbons (Fsp3) is 0.900. The van der Waals surface area contributed by atoms with Gasteiger partial charge in [-0.3, -0.25) is 9.59 Å². The van der Waals surface area contributed by atoms with Crippen LogP contribution < -0.4 is 20.4 Å². The monoisotopic (exact) mass is 370 g/mol. The Kier molecular flexibility index (Phi) is 11.5. The molecule has 0 saturated carbocycles. The molecule has 0 aromatic heterocycles. The van der Waals surface area contributed by atoms with Gasteiger partial charge in [0.25, 0.3) is 0 Å². The molecule has 1 aliphatic rings. The van der Waals surface area contributed by atoms with E-state index in [1.165, 1.54) is 26.2 Å². The van der Waals surface area contributed by atoms with Crippen LogP contribution in [0.5, 0.6) is 0 Å². The standard InChI is InChI=1S/C20H40N4O2/c1-17(2)15-19(25)21-7-5-9-23-11-13-24(14-12-23)10-6-8-22-20(26)16-18(3)4/h17-18H,5-16H2,1-4H3,(H,21,25)(H,22,26)/p+2. The number of nitrogens with one attached hydrogen (secondary N) is 4. The molecule has 0 atom stereocenters. The first-order valence-corrected chi connectivity index (χ1v) is 10.6. The van der Waals surface area contributed by atoms with Crippen molar-refractivity contribution in [3.8, 4) is 0 Å². The van der Waals surface area contributed by atoms with Crippen molar-refractivity contribution in [3.63, 3.8) is 0 Å². The molecule has 1 heterocycles. The molecule has 0 aromatic carbocycles. The van der Waals surface area contributed by atoms with Crippen molar-refractivity contribution < 1.29 is 19.4 Å². The van der Waals surface area contributed by atoms with Crippen molar-refractivity contribution >= 4 is 11.8 Å². The molecule has 0 spiro atoms. The Balaban J connectivity index is 2.00. The van der Waals surface area contributed by atoms with Crippen molar-refractivity contribution in [2.45, 2.75) is 53.4 Å². The van der Waals surface area contributed by atoms with Gasteiger partial charge in [0.15, 0.2) is 0 Å². The summed E-state index contributed by atoms with van der Waals surface area (Å²) in [7, 11) is 0. The Morgan fingerprint density at radius 3 is 1.38 bits per heavy atom. The summed E-state index contributed by atoms with van der Waals surface area (Å²) in [5.74, 6) is 1.23. The van der Waals surface area contributed by atoms with Gasteiger partial charge < -0.3 is 20.4 Å². The number of quaternary nitrogens is 2. The van der Waals surface area contributed by atoms with E-state index in [1.807, 2.05) is 0 Å². The number of piperazine rings is 1. The summed E-state index contributed by atoms with van der Waals surface area (Å²) >= 11 is 0. The lowest BCUT2D eigenvalue weighted by molar-refractivity contribution is -1.01. The quantitative estimate of drug-likeness (QED) is 0.329. The second-order valence-corrected chi connectivity index (χ2v) is 8.60. The normalized spacial score (nSPS) is 20.4. The van der Waals surface area contributed by atoms with Crippen LogP contribution in [-0.2, 0) is 9.59 Å². The minimum atomic E-state index is 0.185. The molecule has 0 aliphatic carbocycles. The lowest BCUT2D eigenvalue weighted by Crippen LogP contribution is -3.28. The largest absolute Gasteiger partial charge is 0.356 e. The minimum absolute atomic E-state index is 0.185. The number of amides is 2. The van der Waals surface area contributed by atoms with Gasteiger partial charge in [-0.25, -0.2) is 0 Å². The SMILES string of the molecule is CC(C)CC(=O)NCCC[NH+]1CC[NH+](CCCNC(=O)CC(C)C)CC1. The lowest BCUT2D eigenvalue weighted by Gasteiger charge is -2.29. The van der Waals surface area contributed by atoms with Crippen LogP contribution in [0, 0.1) is 11.8 Å². The van der Waals surface area contributed by atoms with Gasteiger partial charge in [-0.1, -0.05) is 27.7 Å². The van der Waals surface area contributed by atoms with Crippen LogP contribution in [0.3, 0.4) is 0 Å². The number of rotatable bonds is 12. The smallest absolute Gasteiger partial charge is 0.220 e. The average molecular weight is 371 g/mol. The molecule has 0 radical (unpaired) electrons. The first-order valence-electron chi connectivity index (χ1n) is 10.6. The zero-order valence-electron chi connectivity index (χ0n) is 17.5. The Morgan fingerprint density at radius 2 is 1.08 bits per heavy atom. The fourth-order valence-electron chi connectivity index (χ4n) is 3.48. The van der Waals surface area contributed by atoms with E-state index in [0.29, 0.717) is 24.7 Å². The fourth-order valence-corrected chi connectivity index (χ4v) is 3.48. The van der Waals surface area contributed by atoms with E-state index in [9.17, 15) is 9.59 Å². The van der Waals surface area contributed by atoms with Gasteiger partial charge in [0.1, 0.15) is 26.2 Å². The van der Waals surface area contributed by atoms with Gasteiger partial charge in [0.05, 0.1) is 13.1 Å². The molecular weight excluding hydrogens is 328 g/mol. The van der Waals surface area contributed by atoms with Crippen molar-refractivity contribution in [2.75, 3.05) is 52.4 Å². The van der Waals surface area contributed by atoms with Gasteiger partial charge in [-0.2, -0.15) is 0 Å². The average Bonchev–Trinajstić information content (AvgIpc) is 2.55. The number of hydrogen-bond donors (Lipinski definition) is 4. The van der Waals surface area contributed by atoms with Gasteiger partial charge in [-0.15, -0.1) is 0 Å². The molecule has 4 N–H and O–H groups in total. The molecule has 1 aliphatic heterocycles. The molecule has 0 aromatic rings. The molecule has 1 saturated heterocycles. The van der Waals surface area contributed by atoms with Gasteiger partial charge in [-0.05, 0) is 11.8 Å². The Morgan fingerprint density at radius 1 is 0.731 bits per heavy atom. The topological polar surface area (TPSA) is 67.1 Å². The van der Waals surface area contributed by atoms with Crippen LogP contribution in [0.4, 0.5) is 0 Å². The maximum atomic E-state index is 11.6. The van der Waals surface area contributed by atoms with Crippen LogP contribution in [0.2, 0.25) is 0 Å². The van der Waals surface area contributed by atoms with E-state index in [0.717, 1.165) is 39.0 Å². The van der Waals surface area contributed by atoms with Crippen LogP contribution >= 0.6 is 0 Å².